The first-order chi connectivity index (χ1) is 24.8. The largest absolute Gasteiger partial charge is 0.496 e. The molecule has 0 unspecified atom stereocenters. The third-order valence-electron chi connectivity index (χ3n) is 15.3. The SMILES string of the molecule is CC=C1CN2CC[C@@H]3c4ccccc4N4[C@@H](C(=O)OC)[C@@H]1C[C@H]2[C@]34c1cc2c(cc1OC)N(C)[C@H]1[C@@H]3C[C@H]4C(=CC)CN3CC[C@]21[C@@H]4C(=O)OC. The molecule has 8 aliphatic rings. The number of benzene rings is 2. The smallest absolute Gasteiger partial charge is 0.329 e. The number of hydrogen-bond acceptors (Lipinski definition) is 9. The summed E-state index contributed by atoms with van der Waals surface area (Å²) in [5, 5.41) is 0. The van der Waals surface area contributed by atoms with Crippen LogP contribution in [0.4, 0.5) is 11.4 Å². The molecular weight excluding hydrogens is 640 g/mol. The van der Waals surface area contributed by atoms with Crippen LogP contribution in [0.25, 0.3) is 0 Å². The molecule has 9 nitrogen and oxygen atoms in total. The molecule has 6 fully saturated rings. The summed E-state index contributed by atoms with van der Waals surface area (Å²) >= 11 is 0. The Morgan fingerprint density at radius 1 is 0.863 bits per heavy atom. The number of rotatable bonds is 4. The van der Waals surface area contributed by atoms with Crippen LogP contribution in [0, 0.1) is 17.8 Å². The van der Waals surface area contributed by atoms with Gasteiger partial charge >= 0.3 is 11.9 Å². The van der Waals surface area contributed by atoms with Crippen molar-refractivity contribution in [3.8, 4) is 5.75 Å². The molecule has 0 amide bonds. The van der Waals surface area contributed by atoms with Crippen molar-refractivity contribution in [2.45, 2.75) is 80.6 Å². The highest BCUT2D eigenvalue weighted by atomic mass is 16.5. The first kappa shape index (κ1) is 31.9. The Morgan fingerprint density at radius 2 is 1.61 bits per heavy atom. The second-order valence-corrected chi connectivity index (χ2v) is 16.4. The van der Waals surface area contributed by atoms with Gasteiger partial charge in [0.15, 0.2) is 0 Å². The van der Waals surface area contributed by atoms with Crippen molar-refractivity contribution in [3.05, 3.63) is 76.4 Å². The molecule has 1 saturated carbocycles. The lowest BCUT2D eigenvalue weighted by Gasteiger charge is -2.65. The summed E-state index contributed by atoms with van der Waals surface area (Å²) in [6, 6.07) is 13.7. The minimum Gasteiger partial charge on any atom is -0.496 e. The van der Waals surface area contributed by atoms with Crippen LogP contribution >= 0.6 is 0 Å². The van der Waals surface area contributed by atoms with Gasteiger partial charge in [0.2, 0.25) is 0 Å². The predicted molar refractivity (Wildman–Crippen MR) is 195 cm³/mol. The third-order valence-corrected chi connectivity index (χ3v) is 15.3. The maximum Gasteiger partial charge on any atom is 0.329 e. The fourth-order valence-electron chi connectivity index (χ4n) is 13.7. The van der Waals surface area contributed by atoms with Gasteiger partial charge < -0.3 is 24.0 Å². The minimum absolute atomic E-state index is 0.0567. The van der Waals surface area contributed by atoms with Crippen LogP contribution in [-0.4, -0.2) is 100 Å². The Balaban J connectivity index is 1.27. The lowest BCUT2D eigenvalue weighted by molar-refractivity contribution is -0.158. The Hall–Kier alpha value is -3.82. The molecule has 7 aliphatic heterocycles. The summed E-state index contributed by atoms with van der Waals surface area (Å²) in [6.07, 6.45) is 8.22. The summed E-state index contributed by atoms with van der Waals surface area (Å²) in [5.74, 6) is 0.682. The molecule has 2 aromatic rings. The molecule has 0 N–H and O–H groups in total. The zero-order valence-corrected chi connectivity index (χ0v) is 30.7. The summed E-state index contributed by atoms with van der Waals surface area (Å²) in [6.45, 7) is 7.99. The maximum atomic E-state index is 14.3. The number of piperidine rings is 5. The molecule has 10 rings (SSSR count). The van der Waals surface area contributed by atoms with Crippen molar-refractivity contribution < 1.29 is 23.8 Å². The number of nitrogens with zero attached hydrogens (tertiary/aromatic N) is 4. The van der Waals surface area contributed by atoms with Crippen molar-refractivity contribution in [2.75, 3.05) is 64.4 Å². The standard InChI is InChI=1S/C42H50N4O5/c1-7-23-21-44-16-14-41-29-19-30(34(49-4)20-32(29)43(3)38(41)33(44)17-26(23)36(41)39(47)50-5)42-28-13-15-45-22-24(8-2)27(18-35(42)45)37(40(48)51-6)46(42)31-12-10-9-11-25(28)31/h7-12,19-20,26-28,33,35-38H,13-18,21-22H2,1-6H3/t26-,27+,28+,33-,35-,36-,37+,38-,41+,42+/m0/s1. The summed E-state index contributed by atoms with van der Waals surface area (Å²) in [5.41, 5.74) is 7.72. The lowest BCUT2D eigenvalue weighted by atomic mass is 9.49. The lowest BCUT2D eigenvalue weighted by Crippen LogP contribution is -2.74. The maximum absolute atomic E-state index is 14.3. The van der Waals surface area contributed by atoms with E-state index in [0.717, 1.165) is 74.6 Å². The molecule has 0 spiro atoms. The minimum atomic E-state index is -0.565. The topological polar surface area (TPSA) is 74.8 Å². The van der Waals surface area contributed by atoms with Gasteiger partial charge in [0.25, 0.3) is 0 Å². The first-order valence-electron chi connectivity index (χ1n) is 19.1. The third kappa shape index (κ3) is 3.60. The van der Waals surface area contributed by atoms with Gasteiger partial charge in [-0.15, -0.1) is 0 Å². The zero-order valence-electron chi connectivity index (χ0n) is 30.7. The van der Waals surface area contributed by atoms with Crippen LogP contribution in [0.15, 0.2) is 59.7 Å². The van der Waals surface area contributed by atoms with E-state index in [1.54, 1.807) is 14.2 Å². The highest BCUT2D eigenvalue weighted by Crippen LogP contribution is 2.69. The van der Waals surface area contributed by atoms with E-state index in [4.69, 9.17) is 14.2 Å². The second-order valence-electron chi connectivity index (χ2n) is 16.4. The van der Waals surface area contributed by atoms with Crippen molar-refractivity contribution in [3.63, 3.8) is 0 Å². The van der Waals surface area contributed by atoms with Gasteiger partial charge in [0.05, 0.1) is 38.8 Å². The van der Waals surface area contributed by atoms with Gasteiger partial charge in [-0.25, -0.2) is 4.79 Å². The van der Waals surface area contributed by atoms with Crippen LogP contribution in [-0.2, 0) is 30.0 Å². The molecule has 0 radical (unpaired) electrons. The Bertz CT molecular complexity index is 1920. The van der Waals surface area contributed by atoms with Gasteiger partial charge in [-0.3, -0.25) is 14.6 Å². The number of carbonyl (C=O) groups excluding carboxylic acids is 2. The van der Waals surface area contributed by atoms with Gasteiger partial charge in [0, 0.05) is 72.5 Å². The number of likely N-dealkylation sites (N-methyl/N-ethyl adjacent to an activating group) is 1. The molecule has 1 aliphatic carbocycles. The van der Waals surface area contributed by atoms with Crippen molar-refractivity contribution >= 4 is 23.3 Å². The average Bonchev–Trinajstić information content (AvgIpc) is 3.60. The average molecular weight is 691 g/mol. The monoisotopic (exact) mass is 690 g/mol. The number of ether oxygens (including phenoxy) is 3. The second kappa shape index (κ2) is 10.9. The Morgan fingerprint density at radius 3 is 2.35 bits per heavy atom. The molecule has 10 atom stereocenters. The van der Waals surface area contributed by atoms with E-state index in [1.165, 1.54) is 29.4 Å². The molecule has 0 aromatic heterocycles. The number of fused-ring (bicyclic) bond motifs is 6. The molecular formula is C42H50N4O5. The van der Waals surface area contributed by atoms with Crippen molar-refractivity contribution in [2.24, 2.45) is 17.8 Å². The Labute approximate surface area is 301 Å². The van der Waals surface area contributed by atoms with E-state index in [1.807, 2.05) is 0 Å². The highest BCUT2D eigenvalue weighted by Gasteiger charge is 2.72. The van der Waals surface area contributed by atoms with Gasteiger partial charge in [-0.05, 0) is 81.8 Å². The summed E-state index contributed by atoms with van der Waals surface area (Å²) in [4.78, 5) is 38.9. The van der Waals surface area contributed by atoms with E-state index >= 15 is 0 Å². The molecule has 268 valence electrons. The van der Waals surface area contributed by atoms with Crippen LogP contribution in [0.3, 0.4) is 0 Å². The van der Waals surface area contributed by atoms with Crippen molar-refractivity contribution in [1.29, 1.82) is 0 Å². The number of hydrogen-bond donors (Lipinski definition) is 0. The molecule has 5 bridgehead atoms. The number of esters is 2. The number of allylic oxidation sites excluding steroid dienone is 2. The van der Waals surface area contributed by atoms with E-state index in [-0.39, 0.29) is 47.7 Å². The van der Waals surface area contributed by atoms with Gasteiger partial charge in [-0.2, -0.15) is 0 Å². The molecule has 51 heavy (non-hydrogen) atoms. The van der Waals surface area contributed by atoms with Crippen LogP contribution in [0.1, 0.15) is 62.1 Å². The van der Waals surface area contributed by atoms with Crippen molar-refractivity contribution in [1.82, 2.24) is 9.80 Å². The summed E-state index contributed by atoms with van der Waals surface area (Å²) < 4.78 is 18.0. The number of methoxy groups -OCH3 is 3. The fraction of sp³-hybridized carbons (Fsp3) is 0.571. The summed E-state index contributed by atoms with van der Waals surface area (Å²) in [7, 11) is 7.14. The van der Waals surface area contributed by atoms with Gasteiger partial charge in [0.1, 0.15) is 11.8 Å². The predicted octanol–water partition coefficient (Wildman–Crippen LogP) is 4.99. The molecule has 2 aromatic carbocycles. The van der Waals surface area contributed by atoms with E-state index in [0.29, 0.717) is 6.04 Å². The van der Waals surface area contributed by atoms with Crippen LogP contribution in [0.2, 0.25) is 0 Å². The number of para-hydroxylation sites is 1. The number of anilines is 2. The quantitative estimate of drug-likeness (QED) is 0.326. The molecule has 5 saturated heterocycles. The van der Waals surface area contributed by atoms with E-state index < -0.39 is 17.0 Å². The fourth-order valence-corrected chi connectivity index (χ4v) is 13.7. The van der Waals surface area contributed by atoms with Gasteiger partial charge in [-0.1, -0.05) is 41.5 Å². The van der Waals surface area contributed by atoms with E-state index in [2.05, 4.69) is 89.0 Å². The Kier molecular flexibility index (Phi) is 6.79. The zero-order chi connectivity index (χ0) is 35.1. The van der Waals surface area contributed by atoms with E-state index in [9.17, 15) is 9.59 Å². The van der Waals surface area contributed by atoms with Crippen LogP contribution < -0.4 is 14.5 Å². The van der Waals surface area contributed by atoms with Crippen LogP contribution in [0.5, 0.6) is 5.75 Å². The normalized spacial score (nSPS) is 39.9. The highest BCUT2D eigenvalue weighted by molar-refractivity contribution is 5.87. The molecule has 7 heterocycles. The first-order valence-corrected chi connectivity index (χ1v) is 19.1. The number of carbonyl (C=O) groups is 2. The molecule has 9 heteroatoms.